The molecule has 0 saturated carbocycles. The van der Waals surface area contributed by atoms with Crippen molar-refractivity contribution in [1.82, 2.24) is 0 Å². The SMILES string of the molecule is CCC(=O)Oc1ccc2c(c1C)O/C(=C\c1cccc(Cl)c1)C2=O. The molecule has 1 aliphatic rings. The molecule has 1 aliphatic heterocycles. The summed E-state index contributed by atoms with van der Waals surface area (Å²) in [6.07, 6.45) is 1.92. The van der Waals surface area contributed by atoms with E-state index in [1.165, 1.54) is 0 Å². The summed E-state index contributed by atoms with van der Waals surface area (Å²) in [6.45, 7) is 3.48. The molecule has 2 aromatic rings. The Bertz CT molecular complexity index is 868. The topological polar surface area (TPSA) is 52.6 Å². The molecule has 0 aromatic heterocycles. The molecule has 0 atom stereocenters. The van der Waals surface area contributed by atoms with E-state index in [0.717, 1.165) is 5.56 Å². The fourth-order valence-corrected chi connectivity index (χ4v) is 2.62. The smallest absolute Gasteiger partial charge is 0.310 e. The molecule has 0 bridgehead atoms. The Morgan fingerprint density at radius 2 is 2.08 bits per heavy atom. The molecule has 0 amide bonds. The van der Waals surface area contributed by atoms with Gasteiger partial charge in [-0.1, -0.05) is 30.7 Å². The number of benzene rings is 2. The average molecular weight is 343 g/mol. The number of halogens is 1. The van der Waals surface area contributed by atoms with Crippen molar-refractivity contribution in [2.75, 3.05) is 0 Å². The Morgan fingerprint density at radius 1 is 1.29 bits per heavy atom. The quantitative estimate of drug-likeness (QED) is 0.465. The van der Waals surface area contributed by atoms with E-state index >= 15 is 0 Å². The zero-order chi connectivity index (χ0) is 17.3. The summed E-state index contributed by atoms with van der Waals surface area (Å²) in [5.41, 5.74) is 1.85. The first-order valence-electron chi connectivity index (χ1n) is 7.53. The van der Waals surface area contributed by atoms with Gasteiger partial charge in [-0.3, -0.25) is 9.59 Å². The van der Waals surface area contributed by atoms with Gasteiger partial charge in [0, 0.05) is 17.0 Å². The normalized spacial score (nSPS) is 14.5. The van der Waals surface area contributed by atoms with E-state index in [2.05, 4.69) is 0 Å². The molecule has 0 radical (unpaired) electrons. The number of hydrogen-bond donors (Lipinski definition) is 0. The van der Waals surface area contributed by atoms with Crippen LogP contribution in [-0.2, 0) is 4.79 Å². The second-order valence-electron chi connectivity index (χ2n) is 5.39. The lowest BCUT2D eigenvalue weighted by atomic mass is 10.1. The highest BCUT2D eigenvalue weighted by Gasteiger charge is 2.30. The van der Waals surface area contributed by atoms with Crippen LogP contribution in [0.3, 0.4) is 0 Å². The van der Waals surface area contributed by atoms with Crippen LogP contribution in [0.25, 0.3) is 6.08 Å². The molecular weight excluding hydrogens is 328 g/mol. The summed E-state index contributed by atoms with van der Waals surface area (Å²) in [5, 5.41) is 0.581. The Balaban J connectivity index is 1.95. The molecule has 0 spiro atoms. The van der Waals surface area contributed by atoms with Gasteiger partial charge in [0.05, 0.1) is 5.56 Å². The maximum Gasteiger partial charge on any atom is 0.310 e. The Hall–Kier alpha value is -2.59. The highest BCUT2D eigenvalue weighted by atomic mass is 35.5. The van der Waals surface area contributed by atoms with Gasteiger partial charge in [0.2, 0.25) is 5.78 Å². The number of ketones is 1. The summed E-state index contributed by atoms with van der Waals surface area (Å²) >= 11 is 5.96. The molecule has 4 nitrogen and oxygen atoms in total. The van der Waals surface area contributed by atoms with Gasteiger partial charge >= 0.3 is 5.97 Å². The number of ether oxygens (including phenoxy) is 2. The van der Waals surface area contributed by atoms with E-state index < -0.39 is 0 Å². The second-order valence-corrected chi connectivity index (χ2v) is 5.82. The van der Waals surface area contributed by atoms with Crippen molar-refractivity contribution in [3.63, 3.8) is 0 Å². The second kappa shape index (κ2) is 6.49. The van der Waals surface area contributed by atoms with Gasteiger partial charge in [-0.05, 0) is 42.8 Å². The molecule has 5 heteroatoms. The fourth-order valence-electron chi connectivity index (χ4n) is 2.42. The maximum absolute atomic E-state index is 12.5. The molecular formula is C19H15ClO4. The lowest BCUT2D eigenvalue weighted by molar-refractivity contribution is -0.134. The van der Waals surface area contributed by atoms with Gasteiger partial charge in [0.25, 0.3) is 0 Å². The van der Waals surface area contributed by atoms with Crippen molar-refractivity contribution in [3.05, 3.63) is 63.9 Å². The number of allylic oxidation sites excluding steroid dienone is 1. The Kier molecular flexibility index (Phi) is 4.40. The molecule has 24 heavy (non-hydrogen) atoms. The number of hydrogen-bond acceptors (Lipinski definition) is 4. The van der Waals surface area contributed by atoms with Crippen molar-refractivity contribution in [2.24, 2.45) is 0 Å². The molecule has 0 saturated heterocycles. The van der Waals surface area contributed by atoms with Crippen molar-refractivity contribution < 1.29 is 19.1 Å². The van der Waals surface area contributed by atoms with Gasteiger partial charge in [0.15, 0.2) is 5.76 Å². The van der Waals surface area contributed by atoms with E-state index in [4.69, 9.17) is 21.1 Å². The summed E-state index contributed by atoms with van der Waals surface area (Å²) in [6, 6.07) is 10.4. The Morgan fingerprint density at radius 3 is 2.79 bits per heavy atom. The number of esters is 1. The zero-order valence-electron chi connectivity index (χ0n) is 13.3. The number of rotatable bonds is 3. The minimum atomic E-state index is -0.336. The van der Waals surface area contributed by atoms with Gasteiger partial charge in [-0.25, -0.2) is 0 Å². The Labute approximate surface area is 144 Å². The third-order valence-electron chi connectivity index (χ3n) is 3.70. The summed E-state index contributed by atoms with van der Waals surface area (Å²) in [5.74, 6) is 0.500. The molecule has 0 unspecified atom stereocenters. The molecule has 0 N–H and O–H groups in total. The van der Waals surface area contributed by atoms with Crippen LogP contribution in [0, 0.1) is 6.92 Å². The first-order chi connectivity index (χ1) is 11.5. The van der Waals surface area contributed by atoms with Crippen molar-refractivity contribution in [3.8, 4) is 11.5 Å². The first-order valence-corrected chi connectivity index (χ1v) is 7.91. The molecule has 0 fully saturated rings. The first kappa shape index (κ1) is 16.3. The fraction of sp³-hybridized carbons (Fsp3) is 0.158. The zero-order valence-corrected chi connectivity index (χ0v) is 14.0. The number of Topliss-reactive ketones (excluding diaryl/α,β-unsaturated/α-hetero) is 1. The van der Waals surface area contributed by atoms with Crippen LogP contribution in [0.1, 0.15) is 34.8 Å². The third-order valence-corrected chi connectivity index (χ3v) is 3.93. The average Bonchev–Trinajstić information content (AvgIpc) is 2.87. The van der Waals surface area contributed by atoms with Crippen molar-refractivity contribution in [2.45, 2.75) is 20.3 Å². The number of carbonyl (C=O) groups excluding carboxylic acids is 2. The number of fused-ring (bicyclic) bond motifs is 1. The van der Waals surface area contributed by atoms with Crippen LogP contribution in [-0.4, -0.2) is 11.8 Å². The van der Waals surface area contributed by atoms with E-state index in [9.17, 15) is 9.59 Å². The third kappa shape index (κ3) is 3.05. The molecule has 3 rings (SSSR count). The van der Waals surface area contributed by atoms with Crippen LogP contribution >= 0.6 is 11.6 Å². The predicted molar refractivity (Wildman–Crippen MR) is 91.5 cm³/mol. The van der Waals surface area contributed by atoms with E-state index in [-0.39, 0.29) is 23.9 Å². The monoisotopic (exact) mass is 342 g/mol. The van der Waals surface area contributed by atoms with Gasteiger partial charge in [0.1, 0.15) is 11.5 Å². The van der Waals surface area contributed by atoms with E-state index in [0.29, 0.717) is 27.6 Å². The van der Waals surface area contributed by atoms with Crippen molar-refractivity contribution >= 4 is 29.4 Å². The highest BCUT2D eigenvalue weighted by molar-refractivity contribution is 6.30. The van der Waals surface area contributed by atoms with Crippen LogP contribution in [0.2, 0.25) is 5.02 Å². The van der Waals surface area contributed by atoms with E-state index in [1.807, 2.05) is 6.07 Å². The minimum absolute atomic E-state index is 0.207. The van der Waals surface area contributed by atoms with Crippen molar-refractivity contribution in [1.29, 1.82) is 0 Å². The lowest BCUT2D eigenvalue weighted by Crippen LogP contribution is -2.06. The van der Waals surface area contributed by atoms with Gasteiger partial charge in [-0.2, -0.15) is 0 Å². The summed E-state index contributed by atoms with van der Waals surface area (Å²) in [7, 11) is 0. The van der Waals surface area contributed by atoms with Crippen LogP contribution in [0.5, 0.6) is 11.5 Å². The van der Waals surface area contributed by atoms with Crippen LogP contribution < -0.4 is 9.47 Å². The van der Waals surface area contributed by atoms with Crippen LogP contribution in [0.15, 0.2) is 42.2 Å². The predicted octanol–water partition coefficient (Wildman–Crippen LogP) is 4.58. The molecule has 122 valence electrons. The van der Waals surface area contributed by atoms with Crippen LogP contribution in [0.4, 0.5) is 0 Å². The van der Waals surface area contributed by atoms with E-state index in [1.54, 1.807) is 50.3 Å². The number of carbonyl (C=O) groups is 2. The molecule has 2 aromatic carbocycles. The lowest BCUT2D eigenvalue weighted by Gasteiger charge is -2.09. The molecule has 1 heterocycles. The van der Waals surface area contributed by atoms with Gasteiger partial charge < -0.3 is 9.47 Å². The minimum Gasteiger partial charge on any atom is -0.452 e. The maximum atomic E-state index is 12.5. The molecule has 0 aliphatic carbocycles. The highest BCUT2D eigenvalue weighted by Crippen LogP contribution is 2.39. The largest absolute Gasteiger partial charge is 0.452 e. The van der Waals surface area contributed by atoms with Gasteiger partial charge in [-0.15, -0.1) is 0 Å². The summed E-state index contributed by atoms with van der Waals surface area (Å²) < 4.78 is 11.0. The standard InChI is InChI=1S/C19H15ClO4/c1-3-17(21)23-15-8-7-14-18(22)16(24-19(14)11(15)2)10-12-5-4-6-13(20)9-12/h4-10H,3H2,1-2H3/b16-10-. The summed E-state index contributed by atoms with van der Waals surface area (Å²) in [4.78, 5) is 24.0.